The van der Waals surface area contributed by atoms with Crippen LogP contribution >= 0.6 is 11.6 Å². The van der Waals surface area contributed by atoms with E-state index in [0.29, 0.717) is 41.2 Å². The van der Waals surface area contributed by atoms with Crippen LogP contribution in [0.5, 0.6) is 5.75 Å². The standard InChI is InChI=1S/C18H21ClN4O4/c1-4-26-7-8-27-17(24)15-11(2)22-18-20-10-21-23(18)16(15)12-5-6-14(25-3)13(19)9-12/h5-6,9-10,16H,4,7-8H2,1-3H3,(H,20,21,22)/t16-/m1/s1. The van der Waals surface area contributed by atoms with E-state index in [9.17, 15) is 4.79 Å². The Kier molecular flexibility index (Phi) is 5.98. The Balaban J connectivity index is 1.97. The molecule has 0 unspecified atom stereocenters. The number of aromatic nitrogens is 3. The Labute approximate surface area is 162 Å². The number of benzene rings is 1. The second-order valence-corrected chi connectivity index (χ2v) is 6.23. The number of carbonyl (C=O) groups is 1. The second kappa shape index (κ2) is 8.41. The predicted molar refractivity (Wildman–Crippen MR) is 99.9 cm³/mol. The molecule has 1 aliphatic rings. The van der Waals surface area contributed by atoms with Crippen LogP contribution in [0.4, 0.5) is 5.95 Å². The van der Waals surface area contributed by atoms with E-state index in [-0.39, 0.29) is 6.61 Å². The first-order chi connectivity index (χ1) is 13.1. The maximum absolute atomic E-state index is 12.8. The number of fused-ring (bicyclic) bond motifs is 1. The molecule has 0 aliphatic carbocycles. The summed E-state index contributed by atoms with van der Waals surface area (Å²) < 4.78 is 17.5. The minimum absolute atomic E-state index is 0.170. The smallest absolute Gasteiger partial charge is 0.338 e. The van der Waals surface area contributed by atoms with Crippen molar-refractivity contribution in [2.75, 3.05) is 32.2 Å². The van der Waals surface area contributed by atoms with Crippen molar-refractivity contribution < 1.29 is 19.0 Å². The zero-order valence-corrected chi connectivity index (χ0v) is 16.1. The first kappa shape index (κ1) is 19.2. The SMILES string of the molecule is CCOCCOC(=O)C1=C(C)Nc2ncnn2[C@@H]1c1ccc(OC)c(Cl)c1. The lowest BCUT2D eigenvalue weighted by molar-refractivity contribution is -0.141. The van der Waals surface area contributed by atoms with Gasteiger partial charge in [-0.25, -0.2) is 9.48 Å². The van der Waals surface area contributed by atoms with Gasteiger partial charge in [0.25, 0.3) is 0 Å². The number of hydrogen-bond donors (Lipinski definition) is 1. The van der Waals surface area contributed by atoms with Gasteiger partial charge in [-0.15, -0.1) is 0 Å². The molecule has 2 aromatic rings. The van der Waals surface area contributed by atoms with Crippen molar-refractivity contribution in [1.29, 1.82) is 0 Å². The molecule has 2 heterocycles. The average Bonchev–Trinajstić information content (AvgIpc) is 3.11. The third-order valence-electron chi connectivity index (χ3n) is 4.17. The quantitative estimate of drug-likeness (QED) is 0.572. The number of hydrogen-bond acceptors (Lipinski definition) is 7. The van der Waals surface area contributed by atoms with Gasteiger partial charge in [-0.2, -0.15) is 10.1 Å². The van der Waals surface area contributed by atoms with Crippen LogP contribution in [0.1, 0.15) is 25.5 Å². The summed E-state index contributed by atoms with van der Waals surface area (Å²) in [4.78, 5) is 17.0. The average molecular weight is 393 g/mol. The summed E-state index contributed by atoms with van der Waals surface area (Å²) in [6.07, 6.45) is 1.43. The van der Waals surface area contributed by atoms with E-state index in [0.717, 1.165) is 5.56 Å². The van der Waals surface area contributed by atoms with Crippen LogP contribution < -0.4 is 10.1 Å². The molecule has 0 saturated heterocycles. The first-order valence-corrected chi connectivity index (χ1v) is 8.90. The lowest BCUT2D eigenvalue weighted by atomic mass is 9.95. The zero-order valence-electron chi connectivity index (χ0n) is 15.4. The Morgan fingerprint density at radius 3 is 2.89 bits per heavy atom. The Morgan fingerprint density at radius 2 is 2.19 bits per heavy atom. The molecule has 1 aromatic heterocycles. The second-order valence-electron chi connectivity index (χ2n) is 5.82. The molecule has 27 heavy (non-hydrogen) atoms. The molecular weight excluding hydrogens is 372 g/mol. The maximum Gasteiger partial charge on any atom is 0.338 e. The van der Waals surface area contributed by atoms with Gasteiger partial charge in [-0.1, -0.05) is 17.7 Å². The number of rotatable bonds is 7. The summed E-state index contributed by atoms with van der Waals surface area (Å²) in [5, 5.41) is 7.80. The topological polar surface area (TPSA) is 87.5 Å². The summed E-state index contributed by atoms with van der Waals surface area (Å²) in [5.74, 6) is 0.641. The van der Waals surface area contributed by atoms with Gasteiger partial charge in [-0.3, -0.25) is 0 Å². The molecule has 0 saturated carbocycles. The first-order valence-electron chi connectivity index (χ1n) is 8.52. The maximum atomic E-state index is 12.8. The molecule has 8 nitrogen and oxygen atoms in total. The Morgan fingerprint density at radius 1 is 1.37 bits per heavy atom. The highest BCUT2D eigenvalue weighted by Crippen LogP contribution is 2.37. The lowest BCUT2D eigenvalue weighted by Crippen LogP contribution is -2.30. The third-order valence-corrected chi connectivity index (χ3v) is 4.47. The van der Waals surface area contributed by atoms with Gasteiger partial charge in [0.2, 0.25) is 5.95 Å². The fourth-order valence-electron chi connectivity index (χ4n) is 2.93. The summed E-state index contributed by atoms with van der Waals surface area (Å²) in [5.41, 5.74) is 1.85. The van der Waals surface area contributed by atoms with Crippen molar-refractivity contribution in [1.82, 2.24) is 14.8 Å². The molecule has 144 valence electrons. The van der Waals surface area contributed by atoms with Crippen molar-refractivity contribution in [3.05, 3.63) is 46.4 Å². The number of allylic oxidation sites excluding steroid dienone is 1. The molecule has 0 radical (unpaired) electrons. The van der Waals surface area contributed by atoms with Crippen LogP contribution in [0, 0.1) is 0 Å². The number of carbonyl (C=O) groups excluding carboxylic acids is 1. The van der Waals surface area contributed by atoms with Crippen LogP contribution in [0.3, 0.4) is 0 Å². The van der Waals surface area contributed by atoms with E-state index < -0.39 is 12.0 Å². The van der Waals surface area contributed by atoms with Crippen LogP contribution in [0.25, 0.3) is 0 Å². The van der Waals surface area contributed by atoms with Crippen molar-refractivity contribution in [3.63, 3.8) is 0 Å². The summed E-state index contributed by atoms with van der Waals surface area (Å²) in [7, 11) is 1.55. The van der Waals surface area contributed by atoms with Crippen LogP contribution in [-0.2, 0) is 14.3 Å². The van der Waals surface area contributed by atoms with E-state index in [1.54, 1.807) is 30.8 Å². The minimum atomic E-state index is -0.522. The monoisotopic (exact) mass is 392 g/mol. The third kappa shape index (κ3) is 3.91. The highest BCUT2D eigenvalue weighted by molar-refractivity contribution is 6.32. The van der Waals surface area contributed by atoms with Crippen molar-refractivity contribution in [2.24, 2.45) is 0 Å². The molecule has 0 bridgehead atoms. The minimum Gasteiger partial charge on any atom is -0.495 e. The van der Waals surface area contributed by atoms with Gasteiger partial charge < -0.3 is 19.5 Å². The molecule has 9 heteroatoms. The number of nitrogens with zero attached hydrogens (tertiary/aromatic N) is 3. The number of anilines is 1. The van der Waals surface area contributed by atoms with Gasteiger partial charge in [0, 0.05) is 12.3 Å². The van der Waals surface area contributed by atoms with Gasteiger partial charge in [0.1, 0.15) is 24.7 Å². The van der Waals surface area contributed by atoms with Crippen LogP contribution in [0.2, 0.25) is 5.02 Å². The van der Waals surface area contributed by atoms with E-state index in [4.69, 9.17) is 25.8 Å². The van der Waals surface area contributed by atoms with Gasteiger partial charge in [-0.05, 0) is 31.5 Å². The lowest BCUT2D eigenvalue weighted by Gasteiger charge is -2.28. The highest BCUT2D eigenvalue weighted by atomic mass is 35.5. The number of halogens is 1. The normalized spacial score (nSPS) is 15.9. The molecule has 0 spiro atoms. The van der Waals surface area contributed by atoms with Gasteiger partial charge >= 0.3 is 5.97 Å². The van der Waals surface area contributed by atoms with Crippen molar-refractivity contribution in [3.8, 4) is 5.75 Å². The molecule has 1 N–H and O–H groups in total. The van der Waals surface area contributed by atoms with E-state index in [1.165, 1.54) is 6.33 Å². The van der Waals surface area contributed by atoms with Gasteiger partial charge in [0.05, 0.1) is 24.3 Å². The zero-order chi connectivity index (χ0) is 19.4. The van der Waals surface area contributed by atoms with E-state index in [2.05, 4.69) is 15.4 Å². The summed E-state index contributed by atoms with van der Waals surface area (Å²) in [6.45, 7) is 4.76. The number of ether oxygens (including phenoxy) is 3. The van der Waals surface area contributed by atoms with Crippen LogP contribution in [-0.4, -0.2) is 47.7 Å². The molecule has 0 fully saturated rings. The Hall–Kier alpha value is -2.58. The Bertz CT molecular complexity index is 865. The largest absolute Gasteiger partial charge is 0.495 e. The van der Waals surface area contributed by atoms with E-state index >= 15 is 0 Å². The highest BCUT2D eigenvalue weighted by Gasteiger charge is 2.34. The molecule has 1 aliphatic heterocycles. The molecule has 1 aromatic carbocycles. The number of methoxy groups -OCH3 is 1. The van der Waals surface area contributed by atoms with E-state index in [1.807, 2.05) is 13.0 Å². The number of esters is 1. The van der Waals surface area contributed by atoms with Gasteiger partial charge in [0.15, 0.2) is 0 Å². The molecule has 0 amide bonds. The fraction of sp³-hybridized carbons (Fsp3) is 0.389. The summed E-state index contributed by atoms with van der Waals surface area (Å²) >= 11 is 6.30. The number of nitrogens with one attached hydrogen (secondary N) is 1. The molecule has 3 rings (SSSR count). The molecular formula is C18H21ClN4O4. The van der Waals surface area contributed by atoms with Crippen LogP contribution in [0.15, 0.2) is 35.8 Å². The van der Waals surface area contributed by atoms with Crippen molar-refractivity contribution >= 4 is 23.5 Å². The molecule has 1 atom stereocenters. The van der Waals surface area contributed by atoms with Crippen molar-refractivity contribution in [2.45, 2.75) is 19.9 Å². The summed E-state index contributed by atoms with van der Waals surface area (Å²) in [6, 6.07) is 4.82. The predicted octanol–water partition coefficient (Wildman–Crippen LogP) is 2.81. The fourth-order valence-corrected chi connectivity index (χ4v) is 3.20.